The van der Waals surface area contributed by atoms with Crippen LogP contribution in [0.1, 0.15) is 24.2 Å². The van der Waals surface area contributed by atoms with E-state index in [-0.39, 0.29) is 10.9 Å². The fraction of sp³-hybridized carbons (Fsp3) is 0.250. The first-order chi connectivity index (χ1) is 8.89. The van der Waals surface area contributed by atoms with Gasteiger partial charge in [0.25, 0.3) is 0 Å². The fourth-order valence-electron chi connectivity index (χ4n) is 1.82. The summed E-state index contributed by atoms with van der Waals surface area (Å²) < 4.78 is 22.9. The number of nitrogens with one attached hydrogen (secondary N) is 1. The molecule has 0 fully saturated rings. The number of primary sulfonamides is 1. The first kappa shape index (κ1) is 14.0. The molecule has 0 aliphatic heterocycles. The summed E-state index contributed by atoms with van der Waals surface area (Å²) in [6.45, 7) is 3.70. The molecule has 1 aromatic heterocycles. The van der Waals surface area contributed by atoms with E-state index in [1.807, 2.05) is 18.4 Å². The van der Waals surface area contributed by atoms with Crippen LogP contribution in [-0.4, -0.2) is 13.4 Å². The van der Waals surface area contributed by atoms with Gasteiger partial charge in [-0.25, -0.2) is 18.5 Å². The molecule has 0 radical (unpaired) electrons. The number of aromatic nitrogens is 1. The van der Waals surface area contributed by atoms with Gasteiger partial charge in [-0.05, 0) is 31.5 Å². The molecule has 1 heterocycles. The van der Waals surface area contributed by atoms with Crippen LogP contribution in [0.25, 0.3) is 0 Å². The number of benzene rings is 1. The third kappa shape index (κ3) is 3.12. The van der Waals surface area contributed by atoms with Gasteiger partial charge in [0.2, 0.25) is 10.0 Å². The average molecular weight is 297 g/mol. The predicted molar refractivity (Wildman–Crippen MR) is 76.7 cm³/mol. The van der Waals surface area contributed by atoms with Crippen LogP contribution in [0.5, 0.6) is 0 Å². The van der Waals surface area contributed by atoms with Gasteiger partial charge in [0.1, 0.15) is 0 Å². The second-order valence-electron chi connectivity index (χ2n) is 4.25. The highest BCUT2D eigenvalue weighted by atomic mass is 32.2. The topological polar surface area (TPSA) is 85.1 Å². The molecule has 0 saturated carbocycles. The molecule has 0 amide bonds. The van der Waals surface area contributed by atoms with Crippen molar-refractivity contribution < 1.29 is 8.42 Å². The molecule has 0 spiro atoms. The third-order valence-electron chi connectivity index (χ3n) is 2.86. The summed E-state index contributed by atoms with van der Waals surface area (Å²) in [7, 11) is -3.70. The molecule has 19 heavy (non-hydrogen) atoms. The molecule has 1 aromatic carbocycles. The number of sulfonamides is 1. The second kappa shape index (κ2) is 5.28. The monoisotopic (exact) mass is 297 g/mol. The van der Waals surface area contributed by atoms with Crippen molar-refractivity contribution in [2.45, 2.75) is 24.8 Å². The van der Waals surface area contributed by atoms with Crippen LogP contribution in [-0.2, 0) is 10.0 Å². The minimum atomic E-state index is -3.70. The Balaban J connectivity index is 2.32. The van der Waals surface area contributed by atoms with Gasteiger partial charge in [-0.2, -0.15) is 0 Å². The molecule has 0 bridgehead atoms. The zero-order chi connectivity index (χ0) is 14.0. The van der Waals surface area contributed by atoms with E-state index in [2.05, 4.69) is 10.3 Å². The van der Waals surface area contributed by atoms with Crippen molar-refractivity contribution in [2.24, 2.45) is 5.14 Å². The SMILES string of the molecule is Cc1c(NC(C)c2cscn2)cccc1S(N)(=O)=O. The molecule has 102 valence electrons. The van der Waals surface area contributed by atoms with Gasteiger partial charge in [0.05, 0.1) is 22.1 Å². The first-order valence-corrected chi connectivity index (χ1v) is 8.15. The summed E-state index contributed by atoms with van der Waals surface area (Å²) in [5.41, 5.74) is 4.05. The van der Waals surface area contributed by atoms with Crippen LogP contribution in [0.4, 0.5) is 5.69 Å². The fourth-order valence-corrected chi connectivity index (χ4v) is 3.27. The quantitative estimate of drug-likeness (QED) is 0.906. The molecule has 0 aliphatic rings. The highest BCUT2D eigenvalue weighted by Crippen LogP contribution is 2.26. The van der Waals surface area contributed by atoms with Crippen molar-refractivity contribution in [1.82, 2.24) is 4.98 Å². The van der Waals surface area contributed by atoms with Gasteiger partial charge in [0.15, 0.2) is 0 Å². The Bertz CT molecular complexity index is 666. The number of nitrogens with zero attached hydrogens (tertiary/aromatic N) is 1. The molecule has 2 rings (SSSR count). The lowest BCUT2D eigenvalue weighted by atomic mass is 10.1. The van der Waals surface area contributed by atoms with E-state index < -0.39 is 10.0 Å². The van der Waals surface area contributed by atoms with E-state index in [1.54, 1.807) is 18.5 Å². The Labute approximate surface area is 116 Å². The number of nitrogens with two attached hydrogens (primary N) is 1. The summed E-state index contributed by atoms with van der Waals surface area (Å²) in [5, 5.41) is 10.4. The van der Waals surface area contributed by atoms with Crippen molar-refractivity contribution >= 4 is 27.0 Å². The van der Waals surface area contributed by atoms with Crippen molar-refractivity contribution in [3.63, 3.8) is 0 Å². The van der Waals surface area contributed by atoms with Crippen molar-refractivity contribution in [2.75, 3.05) is 5.32 Å². The van der Waals surface area contributed by atoms with E-state index >= 15 is 0 Å². The normalized spacial score (nSPS) is 13.2. The van der Waals surface area contributed by atoms with Gasteiger partial charge in [-0.3, -0.25) is 0 Å². The molecule has 7 heteroatoms. The maximum Gasteiger partial charge on any atom is 0.238 e. The van der Waals surface area contributed by atoms with Gasteiger partial charge in [-0.15, -0.1) is 11.3 Å². The van der Waals surface area contributed by atoms with Crippen LogP contribution < -0.4 is 10.5 Å². The Hall–Kier alpha value is -1.44. The lowest BCUT2D eigenvalue weighted by molar-refractivity contribution is 0.597. The summed E-state index contributed by atoms with van der Waals surface area (Å²) in [6.07, 6.45) is 0. The lowest BCUT2D eigenvalue weighted by Crippen LogP contribution is -2.15. The maximum atomic E-state index is 11.5. The van der Waals surface area contributed by atoms with Crippen molar-refractivity contribution in [1.29, 1.82) is 0 Å². The minimum absolute atomic E-state index is 0.000628. The number of rotatable bonds is 4. The zero-order valence-corrected chi connectivity index (χ0v) is 12.3. The van der Waals surface area contributed by atoms with Crippen LogP contribution in [0.2, 0.25) is 0 Å². The smallest absolute Gasteiger partial charge is 0.238 e. The van der Waals surface area contributed by atoms with Crippen LogP contribution >= 0.6 is 11.3 Å². The summed E-state index contributed by atoms with van der Waals surface area (Å²) >= 11 is 1.52. The second-order valence-corrected chi connectivity index (χ2v) is 6.50. The molecule has 0 aliphatic carbocycles. The lowest BCUT2D eigenvalue weighted by Gasteiger charge is -2.16. The Morgan fingerprint density at radius 1 is 1.42 bits per heavy atom. The van der Waals surface area contributed by atoms with Gasteiger partial charge in [-0.1, -0.05) is 6.07 Å². The average Bonchev–Trinajstić information content (AvgIpc) is 2.83. The molecular weight excluding hydrogens is 282 g/mol. The van der Waals surface area contributed by atoms with Crippen LogP contribution in [0.15, 0.2) is 34.0 Å². The standard InChI is InChI=1S/C12H15N3O2S2/c1-8-10(4-3-5-12(8)19(13,16)17)15-9(2)11-6-18-7-14-11/h3-7,9,15H,1-2H3,(H2,13,16,17). The van der Waals surface area contributed by atoms with Gasteiger partial charge in [0, 0.05) is 11.1 Å². The number of anilines is 1. The van der Waals surface area contributed by atoms with E-state index in [0.717, 1.165) is 11.4 Å². The van der Waals surface area contributed by atoms with Crippen LogP contribution in [0.3, 0.4) is 0 Å². The van der Waals surface area contributed by atoms with E-state index in [1.165, 1.54) is 17.4 Å². The molecule has 5 nitrogen and oxygen atoms in total. The number of thiazole rings is 1. The molecule has 3 N–H and O–H groups in total. The Kier molecular flexibility index (Phi) is 3.88. The zero-order valence-electron chi connectivity index (χ0n) is 10.6. The van der Waals surface area contributed by atoms with Gasteiger partial charge < -0.3 is 5.32 Å². The summed E-state index contributed by atoms with van der Waals surface area (Å²) in [4.78, 5) is 4.37. The first-order valence-electron chi connectivity index (χ1n) is 5.66. The van der Waals surface area contributed by atoms with E-state index in [4.69, 9.17) is 5.14 Å². The number of hydrogen-bond donors (Lipinski definition) is 2. The predicted octanol–water partition coefficient (Wildman–Crippen LogP) is 2.27. The Morgan fingerprint density at radius 2 is 2.16 bits per heavy atom. The molecule has 1 atom stereocenters. The molecule has 2 aromatic rings. The van der Waals surface area contributed by atoms with Crippen LogP contribution in [0, 0.1) is 6.92 Å². The largest absolute Gasteiger partial charge is 0.377 e. The molecular formula is C12H15N3O2S2. The number of hydrogen-bond acceptors (Lipinski definition) is 5. The highest BCUT2D eigenvalue weighted by Gasteiger charge is 2.15. The highest BCUT2D eigenvalue weighted by molar-refractivity contribution is 7.89. The van der Waals surface area contributed by atoms with Crippen molar-refractivity contribution in [3.8, 4) is 0 Å². The molecule has 1 unspecified atom stereocenters. The van der Waals surface area contributed by atoms with Gasteiger partial charge >= 0.3 is 0 Å². The summed E-state index contributed by atoms with van der Waals surface area (Å²) in [6, 6.07) is 5.00. The van der Waals surface area contributed by atoms with E-state index in [0.29, 0.717) is 5.56 Å². The Morgan fingerprint density at radius 3 is 2.74 bits per heavy atom. The third-order valence-corrected chi connectivity index (χ3v) is 4.52. The minimum Gasteiger partial charge on any atom is -0.377 e. The maximum absolute atomic E-state index is 11.5. The summed E-state index contributed by atoms with van der Waals surface area (Å²) in [5.74, 6) is 0. The molecule has 0 saturated heterocycles. The van der Waals surface area contributed by atoms with E-state index in [9.17, 15) is 8.42 Å². The van der Waals surface area contributed by atoms with Crippen molar-refractivity contribution in [3.05, 3.63) is 40.3 Å².